The number of cyclic esters (lactones) is 1. The molecule has 3 amide bonds. The van der Waals surface area contributed by atoms with Crippen molar-refractivity contribution in [1.29, 1.82) is 0 Å². The number of hydrogen-bond acceptors (Lipinski definition) is 5. The van der Waals surface area contributed by atoms with E-state index >= 15 is 0 Å². The monoisotopic (exact) mass is 538 g/mol. The van der Waals surface area contributed by atoms with Crippen molar-refractivity contribution in [1.82, 2.24) is 9.80 Å². The Hall–Kier alpha value is -3.06. The standard InChI is InChI=1S/C30H35ClN2O5/c1-29(2,3)38-28(36)32-17-16-30(14-7-15-30)25(32)24(21-10-12-22(31)13-11-21)26(34)33-19-23(37-27(33)35)18-20-8-5-4-6-9-20/h4-6,8-13,23-25H,7,14-19H2,1-3H3/t23-,24-,25+/m0/s1. The van der Waals surface area contributed by atoms with Gasteiger partial charge in [0, 0.05) is 18.0 Å². The molecule has 1 saturated carbocycles. The molecule has 0 aromatic heterocycles. The molecule has 8 heteroatoms. The van der Waals surface area contributed by atoms with Crippen LogP contribution < -0.4 is 0 Å². The lowest BCUT2D eigenvalue weighted by Crippen LogP contribution is -2.54. The van der Waals surface area contributed by atoms with Crippen molar-refractivity contribution in [3.63, 3.8) is 0 Å². The molecule has 2 heterocycles. The van der Waals surface area contributed by atoms with Gasteiger partial charge in [-0.2, -0.15) is 0 Å². The first-order valence-electron chi connectivity index (χ1n) is 13.4. The van der Waals surface area contributed by atoms with E-state index in [1.165, 1.54) is 4.90 Å². The number of halogens is 1. The van der Waals surface area contributed by atoms with Gasteiger partial charge in [0.1, 0.15) is 11.7 Å². The highest BCUT2D eigenvalue weighted by Gasteiger charge is 2.58. The minimum Gasteiger partial charge on any atom is -0.444 e. The Morgan fingerprint density at radius 2 is 1.76 bits per heavy atom. The summed E-state index contributed by atoms with van der Waals surface area (Å²) in [7, 11) is 0. The van der Waals surface area contributed by atoms with Gasteiger partial charge in [0.2, 0.25) is 5.91 Å². The van der Waals surface area contributed by atoms with Crippen LogP contribution in [0, 0.1) is 5.41 Å². The third-order valence-electron chi connectivity index (χ3n) is 8.05. The second-order valence-corrected chi connectivity index (χ2v) is 12.2. The molecule has 3 fully saturated rings. The summed E-state index contributed by atoms with van der Waals surface area (Å²) in [5.41, 5.74) is 0.907. The highest BCUT2D eigenvalue weighted by molar-refractivity contribution is 6.30. The molecule has 0 unspecified atom stereocenters. The third kappa shape index (κ3) is 5.26. The van der Waals surface area contributed by atoms with Crippen LogP contribution in [0.25, 0.3) is 0 Å². The van der Waals surface area contributed by atoms with Gasteiger partial charge >= 0.3 is 12.2 Å². The second kappa shape index (κ2) is 10.3. The van der Waals surface area contributed by atoms with Crippen molar-refractivity contribution in [3.8, 4) is 0 Å². The van der Waals surface area contributed by atoms with Gasteiger partial charge in [-0.3, -0.25) is 4.79 Å². The van der Waals surface area contributed by atoms with Crippen LogP contribution in [0.1, 0.15) is 63.5 Å². The Kier molecular flexibility index (Phi) is 7.16. The van der Waals surface area contributed by atoms with Crippen LogP contribution in [0.5, 0.6) is 0 Å². The van der Waals surface area contributed by atoms with Crippen LogP contribution in [0.15, 0.2) is 54.6 Å². The minimum atomic E-state index is -0.745. The van der Waals surface area contributed by atoms with Gasteiger partial charge in [0.05, 0.1) is 18.5 Å². The number of benzene rings is 2. The molecule has 0 N–H and O–H groups in total. The number of carbonyl (C=O) groups excluding carboxylic acids is 3. The molecule has 38 heavy (non-hydrogen) atoms. The maximum absolute atomic E-state index is 14.3. The number of ether oxygens (including phenoxy) is 2. The van der Waals surface area contributed by atoms with Crippen molar-refractivity contribution in [2.24, 2.45) is 5.41 Å². The van der Waals surface area contributed by atoms with Gasteiger partial charge in [-0.15, -0.1) is 0 Å². The number of amides is 3. The predicted octanol–water partition coefficient (Wildman–Crippen LogP) is 6.19. The summed E-state index contributed by atoms with van der Waals surface area (Å²) in [5, 5.41) is 0.553. The van der Waals surface area contributed by atoms with Gasteiger partial charge in [0.15, 0.2) is 0 Å². The zero-order valence-corrected chi connectivity index (χ0v) is 22.9. The average Bonchev–Trinajstić information content (AvgIpc) is 3.41. The van der Waals surface area contributed by atoms with Crippen LogP contribution in [0.4, 0.5) is 9.59 Å². The first-order chi connectivity index (χ1) is 18.1. The van der Waals surface area contributed by atoms with Gasteiger partial charge in [0.25, 0.3) is 0 Å². The molecule has 202 valence electrons. The van der Waals surface area contributed by atoms with E-state index in [9.17, 15) is 14.4 Å². The summed E-state index contributed by atoms with van der Waals surface area (Å²) >= 11 is 6.19. The van der Waals surface area contributed by atoms with Crippen LogP contribution in [-0.2, 0) is 20.7 Å². The first-order valence-corrected chi connectivity index (χ1v) is 13.8. The minimum absolute atomic E-state index is 0.169. The van der Waals surface area contributed by atoms with E-state index in [1.54, 1.807) is 17.0 Å². The van der Waals surface area contributed by atoms with Crippen LogP contribution in [-0.4, -0.2) is 58.7 Å². The zero-order chi connectivity index (χ0) is 27.1. The molecule has 1 aliphatic carbocycles. The normalized spacial score (nSPS) is 23.2. The summed E-state index contributed by atoms with van der Waals surface area (Å²) in [5.74, 6) is -1.09. The number of imide groups is 1. The fraction of sp³-hybridized carbons (Fsp3) is 0.500. The fourth-order valence-corrected chi connectivity index (χ4v) is 6.30. The molecular formula is C30H35ClN2O5. The molecule has 2 aliphatic heterocycles. The topological polar surface area (TPSA) is 76.2 Å². The molecular weight excluding hydrogens is 504 g/mol. The van der Waals surface area contributed by atoms with Crippen LogP contribution in [0.3, 0.4) is 0 Å². The van der Waals surface area contributed by atoms with E-state index in [0.717, 1.165) is 36.8 Å². The smallest absolute Gasteiger partial charge is 0.417 e. The lowest BCUT2D eigenvalue weighted by atomic mass is 9.60. The fourth-order valence-electron chi connectivity index (χ4n) is 6.18. The van der Waals surface area contributed by atoms with E-state index in [0.29, 0.717) is 18.0 Å². The number of hydrogen-bond donors (Lipinski definition) is 0. The van der Waals surface area contributed by atoms with E-state index < -0.39 is 35.9 Å². The van der Waals surface area contributed by atoms with Crippen molar-refractivity contribution in [3.05, 3.63) is 70.7 Å². The molecule has 1 spiro atoms. The second-order valence-electron chi connectivity index (χ2n) is 11.8. The zero-order valence-electron chi connectivity index (χ0n) is 22.2. The number of rotatable bonds is 5. The Morgan fingerprint density at radius 1 is 1.08 bits per heavy atom. The third-order valence-corrected chi connectivity index (χ3v) is 8.30. The summed E-state index contributed by atoms with van der Waals surface area (Å²) in [4.78, 5) is 43.7. The highest BCUT2D eigenvalue weighted by Crippen LogP contribution is 2.56. The maximum Gasteiger partial charge on any atom is 0.417 e. The van der Waals surface area contributed by atoms with Gasteiger partial charge in [-0.25, -0.2) is 14.5 Å². The number of likely N-dealkylation sites (tertiary alicyclic amines) is 1. The Labute approximate surface area is 229 Å². The molecule has 0 radical (unpaired) electrons. The molecule has 2 aromatic carbocycles. The average molecular weight is 539 g/mol. The molecule has 7 nitrogen and oxygen atoms in total. The number of carbonyl (C=O) groups is 3. The molecule has 3 aliphatic rings. The van der Waals surface area contributed by atoms with Crippen LogP contribution >= 0.6 is 11.6 Å². The van der Waals surface area contributed by atoms with Crippen molar-refractivity contribution >= 4 is 29.7 Å². The van der Waals surface area contributed by atoms with Crippen LogP contribution in [0.2, 0.25) is 5.02 Å². The lowest BCUT2D eigenvalue weighted by molar-refractivity contribution is -0.132. The van der Waals surface area contributed by atoms with E-state index in [2.05, 4.69) is 0 Å². The predicted molar refractivity (Wildman–Crippen MR) is 144 cm³/mol. The molecule has 3 atom stereocenters. The molecule has 0 bridgehead atoms. The van der Waals surface area contributed by atoms with Gasteiger partial charge in [-0.05, 0) is 68.7 Å². The Bertz CT molecular complexity index is 1190. The van der Waals surface area contributed by atoms with Gasteiger partial charge in [-0.1, -0.05) is 60.5 Å². The van der Waals surface area contributed by atoms with E-state index in [1.807, 2.05) is 63.2 Å². The first kappa shape index (κ1) is 26.5. The van der Waals surface area contributed by atoms with Crippen molar-refractivity contribution < 1.29 is 23.9 Å². The summed E-state index contributed by atoms with van der Waals surface area (Å²) in [6.45, 7) is 6.19. The van der Waals surface area contributed by atoms with E-state index in [4.69, 9.17) is 21.1 Å². The molecule has 2 saturated heterocycles. The highest BCUT2D eigenvalue weighted by atomic mass is 35.5. The SMILES string of the molecule is CC(C)(C)OC(=O)N1CCC2(CCC2)[C@H]1[C@@H](C(=O)N1C[C@H](Cc2ccccc2)OC1=O)c1ccc(Cl)cc1. The summed E-state index contributed by atoms with van der Waals surface area (Å²) in [6.07, 6.45) is 2.73. The van der Waals surface area contributed by atoms with Crippen molar-refractivity contribution in [2.75, 3.05) is 13.1 Å². The largest absolute Gasteiger partial charge is 0.444 e. The number of nitrogens with zero attached hydrogens (tertiary/aromatic N) is 2. The summed E-state index contributed by atoms with van der Waals surface area (Å²) in [6, 6.07) is 16.5. The Balaban J connectivity index is 1.48. The molecule has 5 rings (SSSR count). The quantitative estimate of drug-likeness (QED) is 0.453. The lowest BCUT2D eigenvalue weighted by Gasteiger charge is -2.48. The maximum atomic E-state index is 14.3. The van der Waals surface area contributed by atoms with E-state index in [-0.39, 0.29) is 17.9 Å². The van der Waals surface area contributed by atoms with Crippen molar-refractivity contribution in [2.45, 2.75) is 76.5 Å². The molecule has 2 aromatic rings. The summed E-state index contributed by atoms with van der Waals surface area (Å²) < 4.78 is 11.4. The van der Waals surface area contributed by atoms with Gasteiger partial charge < -0.3 is 14.4 Å². The Morgan fingerprint density at radius 3 is 2.37 bits per heavy atom.